The molecule has 0 fully saturated rings. The van der Waals surface area contributed by atoms with E-state index in [1.807, 2.05) is 0 Å². The van der Waals surface area contributed by atoms with E-state index >= 15 is 0 Å². The summed E-state index contributed by atoms with van der Waals surface area (Å²) in [6.07, 6.45) is -1.74. The maximum atomic E-state index is 13.6. The van der Waals surface area contributed by atoms with Crippen LogP contribution in [0.4, 0.5) is 9.18 Å². The molecule has 1 unspecified atom stereocenters. The standard InChI is InChI=1S/C16H14FN5O6S/c17-8-2-1-7-3-11(10(7)4-8)22-13(20-27-16(22)26)12-14(21-28-19-12)29-6-9(23)5-18-15(24)25/h1-2,4,9,11,18,23H,3,5-6H2,(H,24,25)/t9?,11-/m0/s1. The molecule has 3 N–H and O–H groups in total. The fourth-order valence-electron chi connectivity index (χ4n) is 3.02. The van der Waals surface area contributed by atoms with Crippen molar-refractivity contribution in [2.24, 2.45) is 0 Å². The summed E-state index contributed by atoms with van der Waals surface area (Å²) in [6, 6.07) is 3.90. The van der Waals surface area contributed by atoms with Crippen molar-refractivity contribution in [3.63, 3.8) is 0 Å². The summed E-state index contributed by atoms with van der Waals surface area (Å²) < 4.78 is 24.4. The van der Waals surface area contributed by atoms with E-state index in [0.29, 0.717) is 12.0 Å². The maximum Gasteiger partial charge on any atom is 0.442 e. The molecule has 2 aromatic heterocycles. The van der Waals surface area contributed by atoms with Gasteiger partial charge in [0.05, 0.1) is 12.1 Å². The van der Waals surface area contributed by atoms with Crippen molar-refractivity contribution < 1.29 is 28.6 Å². The lowest BCUT2D eigenvalue weighted by molar-refractivity contribution is 0.170. The van der Waals surface area contributed by atoms with E-state index in [1.54, 1.807) is 6.07 Å². The number of hydrogen-bond acceptors (Lipinski definition) is 9. The summed E-state index contributed by atoms with van der Waals surface area (Å²) in [5.41, 5.74) is 1.69. The van der Waals surface area contributed by atoms with Crippen molar-refractivity contribution in [1.82, 2.24) is 25.4 Å². The number of rotatable bonds is 7. The van der Waals surface area contributed by atoms with Gasteiger partial charge in [-0.2, -0.15) is 0 Å². The summed E-state index contributed by atoms with van der Waals surface area (Å²) >= 11 is 1.04. The van der Waals surface area contributed by atoms with Crippen molar-refractivity contribution >= 4 is 17.9 Å². The van der Waals surface area contributed by atoms with Crippen LogP contribution in [0.3, 0.4) is 0 Å². The number of aromatic nitrogens is 4. The Kier molecular flexibility index (Phi) is 5.07. The van der Waals surface area contributed by atoms with Gasteiger partial charge in [0, 0.05) is 12.3 Å². The van der Waals surface area contributed by atoms with Crippen LogP contribution in [0.1, 0.15) is 17.2 Å². The number of aliphatic hydroxyl groups excluding tert-OH is 1. The number of carbonyl (C=O) groups is 1. The molecule has 2 heterocycles. The molecule has 1 aliphatic rings. The minimum atomic E-state index is -1.25. The van der Waals surface area contributed by atoms with Crippen LogP contribution < -0.4 is 11.1 Å². The van der Waals surface area contributed by atoms with Crippen molar-refractivity contribution in [2.75, 3.05) is 12.3 Å². The van der Waals surface area contributed by atoms with Crippen LogP contribution in [-0.4, -0.2) is 54.7 Å². The Morgan fingerprint density at radius 3 is 3.03 bits per heavy atom. The lowest BCUT2D eigenvalue weighted by atomic mass is 9.83. The maximum absolute atomic E-state index is 13.6. The molecule has 0 aliphatic heterocycles. The van der Waals surface area contributed by atoms with Crippen molar-refractivity contribution in [2.45, 2.75) is 23.6 Å². The van der Waals surface area contributed by atoms with E-state index in [2.05, 4.69) is 20.8 Å². The molecule has 2 atom stereocenters. The number of hydrogen-bond donors (Lipinski definition) is 3. The highest BCUT2D eigenvalue weighted by molar-refractivity contribution is 7.99. The Hall–Kier alpha value is -3.19. The number of fused-ring (bicyclic) bond motifs is 1. The lowest BCUT2D eigenvalue weighted by Crippen LogP contribution is -2.32. The second kappa shape index (κ2) is 7.67. The van der Waals surface area contributed by atoms with Gasteiger partial charge < -0.3 is 15.5 Å². The molecular weight excluding hydrogens is 409 g/mol. The molecule has 1 aromatic carbocycles. The molecule has 11 nitrogen and oxygen atoms in total. The average molecular weight is 423 g/mol. The van der Waals surface area contributed by atoms with Crippen molar-refractivity contribution in [3.8, 4) is 11.5 Å². The quantitative estimate of drug-likeness (QED) is 0.466. The number of thioether (sulfide) groups is 1. The van der Waals surface area contributed by atoms with E-state index in [4.69, 9.17) is 14.3 Å². The first-order valence-corrected chi connectivity index (χ1v) is 9.39. The Morgan fingerprint density at radius 1 is 1.41 bits per heavy atom. The summed E-state index contributed by atoms with van der Waals surface area (Å²) in [5, 5.41) is 32.0. The average Bonchev–Trinajstić information content (AvgIpc) is 3.28. The van der Waals surface area contributed by atoms with Crippen LogP contribution in [0.5, 0.6) is 0 Å². The van der Waals surface area contributed by atoms with Gasteiger partial charge >= 0.3 is 11.8 Å². The molecule has 29 heavy (non-hydrogen) atoms. The van der Waals surface area contributed by atoms with Gasteiger partial charge in [0.25, 0.3) is 0 Å². The Labute approximate surface area is 165 Å². The fourth-order valence-corrected chi connectivity index (χ4v) is 3.84. The molecule has 13 heteroatoms. The highest BCUT2D eigenvalue weighted by Crippen LogP contribution is 2.38. The van der Waals surface area contributed by atoms with Gasteiger partial charge in [0.2, 0.25) is 5.82 Å². The Morgan fingerprint density at radius 2 is 2.24 bits per heavy atom. The Balaban J connectivity index is 1.56. The topological polar surface area (TPSA) is 157 Å². The number of nitrogens with one attached hydrogen (secondary N) is 1. The van der Waals surface area contributed by atoms with Crippen LogP contribution in [0.15, 0.2) is 37.2 Å². The first kappa shape index (κ1) is 19.1. The summed E-state index contributed by atoms with van der Waals surface area (Å²) in [6.45, 7) is -0.165. The van der Waals surface area contributed by atoms with E-state index in [0.717, 1.165) is 17.3 Å². The van der Waals surface area contributed by atoms with Gasteiger partial charge in [-0.1, -0.05) is 23.0 Å². The number of halogens is 1. The van der Waals surface area contributed by atoms with Gasteiger partial charge in [-0.15, -0.1) is 0 Å². The molecule has 3 aromatic rings. The second-order valence-corrected chi connectivity index (χ2v) is 7.28. The number of nitrogens with zero attached hydrogens (tertiary/aromatic N) is 4. The minimum Gasteiger partial charge on any atom is -0.465 e. The molecule has 1 aliphatic carbocycles. The molecule has 1 amide bonds. The molecule has 0 spiro atoms. The zero-order valence-corrected chi connectivity index (χ0v) is 15.4. The fraction of sp³-hybridized carbons (Fsp3) is 0.312. The van der Waals surface area contributed by atoms with Crippen molar-refractivity contribution in [1.29, 1.82) is 0 Å². The third kappa shape index (κ3) is 3.73. The van der Waals surface area contributed by atoms with Gasteiger partial charge in [0.15, 0.2) is 10.7 Å². The molecular formula is C16H14FN5O6S. The SMILES string of the molecule is O=C(O)NCC(O)CSc1nonc1-c1noc(=O)n1[C@H]1Cc2ccc(F)cc21. The zero-order chi connectivity index (χ0) is 20.5. The predicted octanol–water partition coefficient (Wildman–Crippen LogP) is 0.891. The first-order valence-electron chi connectivity index (χ1n) is 8.41. The predicted molar refractivity (Wildman–Crippen MR) is 95.1 cm³/mol. The normalized spacial score (nSPS) is 16.1. The summed E-state index contributed by atoms with van der Waals surface area (Å²) in [7, 11) is 0. The smallest absolute Gasteiger partial charge is 0.442 e. The number of amides is 1. The van der Waals surface area contributed by atoms with Crippen LogP contribution in [-0.2, 0) is 6.42 Å². The van der Waals surface area contributed by atoms with E-state index in [-0.39, 0.29) is 28.8 Å². The van der Waals surface area contributed by atoms with Gasteiger partial charge in [-0.05, 0) is 40.0 Å². The van der Waals surface area contributed by atoms with E-state index < -0.39 is 29.8 Å². The van der Waals surface area contributed by atoms with Gasteiger partial charge in [-0.25, -0.2) is 23.2 Å². The molecule has 0 radical (unpaired) electrons. The number of benzene rings is 1. The van der Waals surface area contributed by atoms with Gasteiger partial charge in [0.1, 0.15) is 5.82 Å². The summed E-state index contributed by atoms with van der Waals surface area (Å²) in [4.78, 5) is 22.7. The van der Waals surface area contributed by atoms with E-state index in [1.165, 1.54) is 16.7 Å². The lowest BCUT2D eigenvalue weighted by Gasteiger charge is -2.30. The van der Waals surface area contributed by atoms with Crippen LogP contribution in [0, 0.1) is 5.82 Å². The number of carboxylic acid groups (broad SMARTS) is 1. The van der Waals surface area contributed by atoms with Crippen LogP contribution >= 0.6 is 11.8 Å². The minimum absolute atomic E-state index is 0.0665. The highest BCUT2D eigenvalue weighted by Gasteiger charge is 2.34. The van der Waals surface area contributed by atoms with Crippen LogP contribution in [0.2, 0.25) is 0 Å². The Bertz CT molecular complexity index is 1110. The summed E-state index contributed by atoms with van der Waals surface area (Å²) in [5.74, 6) is -0.995. The van der Waals surface area contributed by atoms with Crippen LogP contribution in [0.25, 0.3) is 11.5 Å². The third-order valence-electron chi connectivity index (χ3n) is 4.40. The van der Waals surface area contributed by atoms with Gasteiger partial charge in [-0.3, -0.25) is 4.52 Å². The molecule has 4 rings (SSSR count). The van der Waals surface area contributed by atoms with Crippen molar-refractivity contribution in [3.05, 3.63) is 45.7 Å². The third-order valence-corrected chi connectivity index (χ3v) is 5.49. The molecule has 0 bridgehead atoms. The number of aliphatic hydroxyl groups is 1. The first-order chi connectivity index (χ1) is 13.9. The highest BCUT2D eigenvalue weighted by atomic mass is 32.2. The molecule has 0 saturated heterocycles. The molecule has 0 saturated carbocycles. The molecule has 152 valence electrons. The van der Waals surface area contributed by atoms with E-state index in [9.17, 15) is 19.1 Å². The second-order valence-electron chi connectivity index (χ2n) is 6.27. The monoisotopic (exact) mass is 423 g/mol. The zero-order valence-electron chi connectivity index (χ0n) is 14.6. The largest absolute Gasteiger partial charge is 0.465 e.